The Bertz CT molecular complexity index is 1370. The Hall–Kier alpha value is -3.74. The molecule has 5 rings (SSSR count). The summed E-state index contributed by atoms with van der Waals surface area (Å²) in [5.74, 6) is -0.0817. The van der Waals surface area contributed by atoms with E-state index in [1.165, 1.54) is 16.5 Å². The van der Waals surface area contributed by atoms with Crippen molar-refractivity contribution < 1.29 is 4.79 Å². The molecular formula is C23H21N5O2. The molecule has 3 aromatic heterocycles. The number of para-hydroxylation sites is 1. The molecule has 0 radical (unpaired) electrons. The van der Waals surface area contributed by atoms with Crippen LogP contribution in [0.3, 0.4) is 0 Å². The molecule has 1 aromatic carbocycles. The number of nitrogens with zero attached hydrogens (tertiary/aromatic N) is 4. The Kier molecular flexibility index (Phi) is 4.43. The average Bonchev–Trinajstić information content (AvgIpc) is 3.20. The smallest absolute Gasteiger partial charge is 0.261 e. The lowest BCUT2D eigenvalue weighted by Gasteiger charge is -2.26. The van der Waals surface area contributed by atoms with Crippen LogP contribution >= 0.6 is 0 Å². The van der Waals surface area contributed by atoms with Crippen molar-refractivity contribution in [3.05, 3.63) is 76.6 Å². The highest BCUT2D eigenvalue weighted by molar-refractivity contribution is 5.91. The second kappa shape index (κ2) is 7.26. The zero-order valence-corrected chi connectivity index (χ0v) is 16.6. The molecule has 4 heterocycles. The maximum atomic E-state index is 12.8. The van der Waals surface area contributed by atoms with E-state index in [1.807, 2.05) is 37.4 Å². The standard InChI is InChI=1S/C23H21N5O2/c1-15-4-2-5-18-21(15)26-14-28(23(18)30)13-20(29)27-10-7-16(8-11-27)19-12-25-22-17(19)6-3-9-24-22/h2-7,9,12,14H,8,10-11,13H2,1H3,(H,24,25). The summed E-state index contributed by atoms with van der Waals surface area (Å²) in [5.41, 5.74) is 4.66. The Labute approximate surface area is 172 Å². The van der Waals surface area contributed by atoms with Crippen LogP contribution in [0.4, 0.5) is 0 Å². The van der Waals surface area contributed by atoms with Gasteiger partial charge in [0.1, 0.15) is 12.2 Å². The van der Waals surface area contributed by atoms with Gasteiger partial charge >= 0.3 is 0 Å². The molecule has 1 N–H and O–H groups in total. The molecule has 0 atom stereocenters. The van der Waals surface area contributed by atoms with Crippen LogP contribution < -0.4 is 5.56 Å². The first kappa shape index (κ1) is 18.3. The average molecular weight is 399 g/mol. The molecule has 150 valence electrons. The predicted octanol–water partition coefficient (Wildman–Crippen LogP) is 2.90. The molecule has 0 saturated heterocycles. The van der Waals surface area contributed by atoms with Gasteiger partial charge in [0.15, 0.2) is 0 Å². The maximum Gasteiger partial charge on any atom is 0.261 e. The largest absolute Gasteiger partial charge is 0.346 e. The van der Waals surface area contributed by atoms with Crippen molar-refractivity contribution in [2.45, 2.75) is 19.9 Å². The normalized spacial score (nSPS) is 14.3. The highest BCUT2D eigenvalue weighted by Gasteiger charge is 2.20. The van der Waals surface area contributed by atoms with Crippen LogP contribution in [-0.2, 0) is 11.3 Å². The number of aromatic amines is 1. The van der Waals surface area contributed by atoms with Crippen molar-refractivity contribution >= 4 is 33.4 Å². The summed E-state index contributed by atoms with van der Waals surface area (Å²) in [6, 6.07) is 9.49. The van der Waals surface area contributed by atoms with Gasteiger partial charge in [0.05, 0.1) is 17.2 Å². The molecule has 0 spiro atoms. The second-order valence-electron chi connectivity index (χ2n) is 7.57. The van der Waals surface area contributed by atoms with Crippen LogP contribution in [-0.4, -0.2) is 43.4 Å². The van der Waals surface area contributed by atoms with Gasteiger partial charge in [-0.3, -0.25) is 14.2 Å². The van der Waals surface area contributed by atoms with Gasteiger partial charge in [0.2, 0.25) is 5.91 Å². The lowest BCUT2D eigenvalue weighted by atomic mass is 9.99. The SMILES string of the molecule is Cc1cccc2c(=O)n(CC(=O)N3CC=C(c4c[nH]c5ncccc45)CC3)cnc12. The van der Waals surface area contributed by atoms with E-state index < -0.39 is 0 Å². The van der Waals surface area contributed by atoms with Gasteiger partial charge in [0.25, 0.3) is 5.56 Å². The summed E-state index contributed by atoms with van der Waals surface area (Å²) in [5, 5.41) is 1.63. The number of carbonyl (C=O) groups excluding carboxylic acids is 1. The number of rotatable bonds is 3. The molecule has 0 fully saturated rings. The molecule has 30 heavy (non-hydrogen) atoms. The third-order valence-corrected chi connectivity index (χ3v) is 5.72. The molecule has 0 unspecified atom stereocenters. The van der Waals surface area contributed by atoms with Crippen molar-refractivity contribution in [2.24, 2.45) is 0 Å². The van der Waals surface area contributed by atoms with Gasteiger partial charge in [-0.05, 0) is 42.7 Å². The fourth-order valence-corrected chi connectivity index (χ4v) is 4.06. The van der Waals surface area contributed by atoms with Crippen molar-refractivity contribution in [3.8, 4) is 0 Å². The Morgan fingerprint density at radius 2 is 2.03 bits per heavy atom. The summed E-state index contributed by atoms with van der Waals surface area (Å²) < 4.78 is 1.40. The molecule has 1 aliphatic heterocycles. The monoisotopic (exact) mass is 399 g/mol. The van der Waals surface area contributed by atoms with E-state index in [0.717, 1.165) is 28.6 Å². The molecule has 0 aliphatic carbocycles. The van der Waals surface area contributed by atoms with Crippen molar-refractivity contribution in [1.82, 2.24) is 24.4 Å². The Balaban J connectivity index is 1.34. The van der Waals surface area contributed by atoms with Crippen LogP contribution in [0, 0.1) is 6.92 Å². The number of nitrogens with one attached hydrogen (secondary N) is 1. The molecular weight excluding hydrogens is 378 g/mol. The van der Waals surface area contributed by atoms with Crippen LogP contribution in [0.5, 0.6) is 0 Å². The summed E-state index contributed by atoms with van der Waals surface area (Å²) in [7, 11) is 0. The molecule has 0 saturated carbocycles. The third-order valence-electron chi connectivity index (χ3n) is 5.72. The van der Waals surface area contributed by atoms with Crippen molar-refractivity contribution in [2.75, 3.05) is 13.1 Å². The van der Waals surface area contributed by atoms with Crippen LogP contribution in [0.2, 0.25) is 0 Å². The van der Waals surface area contributed by atoms with Gasteiger partial charge < -0.3 is 9.88 Å². The lowest BCUT2D eigenvalue weighted by molar-refractivity contribution is -0.131. The minimum Gasteiger partial charge on any atom is -0.346 e. The number of aryl methyl sites for hydroxylation is 1. The number of amides is 1. The first-order chi connectivity index (χ1) is 14.6. The number of fused-ring (bicyclic) bond motifs is 2. The third kappa shape index (κ3) is 3.08. The topological polar surface area (TPSA) is 83.9 Å². The van der Waals surface area contributed by atoms with E-state index in [0.29, 0.717) is 24.0 Å². The minimum atomic E-state index is -0.184. The molecule has 1 amide bonds. The molecule has 4 aromatic rings. The van der Waals surface area contributed by atoms with Crippen LogP contribution in [0.1, 0.15) is 17.5 Å². The first-order valence-corrected chi connectivity index (χ1v) is 9.96. The summed E-state index contributed by atoms with van der Waals surface area (Å²) in [4.78, 5) is 39.3. The second-order valence-corrected chi connectivity index (χ2v) is 7.57. The lowest BCUT2D eigenvalue weighted by Crippen LogP contribution is -2.39. The fraction of sp³-hybridized carbons (Fsp3) is 0.217. The van der Waals surface area contributed by atoms with Gasteiger partial charge in [-0.2, -0.15) is 0 Å². The van der Waals surface area contributed by atoms with Gasteiger partial charge in [-0.1, -0.05) is 18.2 Å². The minimum absolute atomic E-state index is 0.00407. The maximum absolute atomic E-state index is 12.8. The zero-order chi connectivity index (χ0) is 20.7. The molecule has 0 bridgehead atoms. The number of aromatic nitrogens is 4. The van der Waals surface area contributed by atoms with Crippen LogP contribution in [0.15, 0.2) is 59.9 Å². The fourth-order valence-electron chi connectivity index (χ4n) is 4.06. The summed E-state index contributed by atoms with van der Waals surface area (Å²) in [6.07, 6.45) is 8.06. The highest BCUT2D eigenvalue weighted by Crippen LogP contribution is 2.28. The summed E-state index contributed by atoms with van der Waals surface area (Å²) >= 11 is 0. The number of pyridine rings is 1. The van der Waals surface area contributed by atoms with Gasteiger partial charge in [-0.15, -0.1) is 0 Å². The van der Waals surface area contributed by atoms with E-state index in [9.17, 15) is 9.59 Å². The van der Waals surface area contributed by atoms with E-state index in [4.69, 9.17) is 0 Å². The van der Waals surface area contributed by atoms with E-state index >= 15 is 0 Å². The molecule has 7 nitrogen and oxygen atoms in total. The van der Waals surface area contributed by atoms with E-state index in [1.54, 1.807) is 17.2 Å². The predicted molar refractivity (Wildman–Crippen MR) is 116 cm³/mol. The van der Waals surface area contributed by atoms with Gasteiger partial charge in [-0.25, -0.2) is 9.97 Å². The highest BCUT2D eigenvalue weighted by atomic mass is 16.2. The number of benzene rings is 1. The quantitative estimate of drug-likeness (QED) is 0.574. The van der Waals surface area contributed by atoms with Crippen LogP contribution in [0.25, 0.3) is 27.5 Å². The van der Waals surface area contributed by atoms with Gasteiger partial charge in [0, 0.05) is 36.4 Å². The number of hydrogen-bond acceptors (Lipinski definition) is 4. The number of H-pyrrole nitrogens is 1. The van der Waals surface area contributed by atoms with Crippen molar-refractivity contribution in [1.29, 1.82) is 0 Å². The number of carbonyl (C=O) groups is 1. The molecule has 7 heteroatoms. The summed E-state index contributed by atoms with van der Waals surface area (Å²) in [6.45, 7) is 3.06. The first-order valence-electron chi connectivity index (χ1n) is 9.96. The molecule has 1 aliphatic rings. The zero-order valence-electron chi connectivity index (χ0n) is 16.6. The Morgan fingerprint density at radius 1 is 1.17 bits per heavy atom. The van der Waals surface area contributed by atoms with E-state index in [-0.39, 0.29) is 18.0 Å². The number of hydrogen-bond donors (Lipinski definition) is 1. The van der Waals surface area contributed by atoms with Crippen molar-refractivity contribution in [3.63, 3.8) is 0 Å². The Morgan fingerprint density at radius 3 is 2.87 bits per heavy atom. The van der Waals surface area contributed by atoms with E-state index in [2.05, 4.69) is 21.0 Å².